The molecule has 12 heavy (non-hydrogen) atoms. The molecule has 5 heteroatoms. The minimum Gasteiger partial charge on any atom is -0.285 e. The third-order valence-corrected chi connectivity index (χ3v) is 2.20. The van der Waals surface area contributed by atoms with Gasteiger partial charge in [0.25, 0.3) is 0 Å². The number of carbonyl (C=O) groups excluding carboxylic acids is 1. The van der Waals surface area contributed by atoms with Crippen LogP contribution in [0.4, 0.5) is 0 Å². The lowest BCUT2D eigenvalue weighted by Crippen LogP contribution is -1.66. The molecule has 0 unspecified atom stereocenters. The molecule has 0 amide bonds. The average molecular weight is 379 g/mol. The third kappa shape index (κ3) is 6.17. The van der Waals surface area contributed by atoms with Gasteiger partial charge in [-0.15, -0.1) is 0 Å². The smallest absolute Gasteiger partial charge is 0.208 e. The molecule has 1 nitrogen and oxygen atoms in total. The maximum Gasteiger partial charge on any atom is 0.208 e. The normalized spacial score (nSPS) is 8.33. The van der Waals surface area contributed by atoms with Crippen LogP contribution < -0.4 is 0 Å². The Morgan fingerprint density at radius 2 is 1.17 bits per heavy atom. The van der Waals surface area contributed by atoms with Gasteiger partial charge in [-0.2, -0.15) is 0 Å². The van der Waals surface area contributed by atoms with E-state index < -0.39 is 0 Å². The molecule has 0 aliphatic rings. The minimum absolute atomic E-state index is 0.222. The molecule has 1 rings (SSSR count). The Hall–Kier alpha value is 0.620. The fraction of sp³-hybridized carbons (Fsp3) is 0. The first-order valence-corrected chi connectivity index (χ1v) is 5.57. The van der Waals surface area contributed by atoms with Crippen molar-refractivity contribution in [3.8, 4) is 0 Å². The van der Waals surface area contributed by atoms with Crippen molar-refractivity contribution in [1.29, 1.82) is 0 Å². The van der Waals surface area contributed by atoms with E-state index in [-0.39, 0.29) is 5.75 Å². The fourth-order valence-corrected chi connectivity index (χ4v) is 2.92. The summed E-state index contributed by atoms with van der Waals surface area (Å²) in [5, 5.41) is 0. The standard InChI is InChI=1S/C6H3Br3.CHClO/c7-4-1-5(8)3-6(9)2-4;2-1-3/h1-3H;1H. The Morgan fingerprint density at radius 3 is 1.33 bits per heavy atom. The van der Waals surface area contributed by atoms with Crippen LogP contribution in [0.2, 0.25) is 0 Å². The molecule has 0 spiro atoms. The van der Waals surface area contributed by atoms with E-state index in [0.717, 1.165) is 13.4 Å². The highest BCUT2D eigenvalue weighted by Gasteiger charge is 1.91. The molecule has 0 aromatic heterocycles. The topological polar surface area (TPSA) is 17.1 Å². The molecule has 0 saturated heterocycles. The summed E-state index contributed by atoms with van der Waals surface area (Å²) in [5.41, 5.74) is 0. The van der Waals surface area contributed by atoms with E-state index in [1.54, 1.807) is 0 Å². The second kappa shape index (κ2) is 7.06. The zero-order valence-electron chi connectivity index (χ0n) is 5.73. The quantitative estimate of drug-likeness (QED) is 0.483. The van der Waals surface area contributed by atoms with Crippen LogP contribution >= 0.6 is 59.4 Å². The van der Waals surface area contributed by atoms with E-state index in [9.17, 15) is 0 Å². The number of rotatable bonds is 0. The number of halogens is 4. The summed E-state index contributed by atoms with van der Waals surface area (Å²) < 4.78 is 3.22. The Morgan fingerprint density at radius 1 is 1.00 bits per heavy atom. The molecular formula is C7H4Br3ClO. The first kappa shape index (κ1) is 12.6. The van der Waals surface area contributed by atoms with Gasteiger partial charge in [0.05, 0.1) is 0 Å². The molecule has 0 atom stereocenters. The van der Waals surface area contributed by atoms with Crippen molar-refractivity contribution < 1.29 is 4.79 Å². The van der Waals surface area contributed by atoms with Crippen LogP contribution in [0.15, 0.2) is 31.6 Å². The molecular weight excluding hydrogens is 375 g/mol. The Kier molecular flexibility index (Phi) is 7.43. The maximum absolute atomic E-state index is 8.57. The van der Waals surface area contributed by atoms with Crippen LogP contribution in [0.25, 0.3) is 0 Å². The van der Waals surface area contributed by atoms with E-state index in [1.807, 2.05) is 18.2 Å². The van der Waals surface area contributed by atoms with Crippen molar-refractivity contribution >= 4 is 65.1 Å². The van der Waals surface area contributed by atoms with Crippen molar-refractivity contribution in [2.45, 2.75) is 0 Å². The lowest BCUT2D eigenvalue weighted by Gasteiger charge is -1.92. The minimum atomic E-state index is 0.222. The Bertz CT molecular complexity index is 214. The maximum atomic E-state index is 8.57. The molecule has 0 aliphatic carbocycles. The second-order valence-corrected chi connectivity index (χ2v) is 4.60. The fourth-order valence-electron chi connectivity index (χ4n) is 0.520. The van der Waals surface area contributed by atoms with Crippen LogP contribution in [0, 0.1) is 0 Å². The van der Waals surface area contributed by atoms with Crippen LogP contribution in [0.5, 0.6) is 0 Å². The summed E-state index contributed by atoms with van der Waals surface area (Å²) in [6.07, 6.45) is 0. The number of benzene rings is 1. The van der Waals surface area contributed by atoms with Gasteiger partial charge in [-0.1, -0.05) is 47.8 Å². The van der Waals surface area contributed by atoms with E-state index >= 15 is 0 Å². The van der Waals surface area contributed by atoms with Crippen LogP contribution in [-0.4, -0.2) is 5.75 Å². The zero-order valence-corrected chi connectivity index (χ0v) is 11.2. The number of hydrogen-bond donors (Lipinski definition) is 0. The monoisotopic (exact) mass is 376 g/mol. The first-order valence-electron chi connectivity index (χ1n) is 2.75. The highest BCUT2D eigenvalue weighted by molar-refractivity contribution is 9.11. The Labute approximate surface area is 101 Å². The van der Waals surface area contributed by atoms with Gasteiger partial charge >= 0.3 is 0 Å². The van der Waals surface area contributed by atoms with Crippen molar-refractivity contribution in [2.24, 2.45) is 0 Å². The van der Waals surface area contributed by atoms with Gasteiger partial charge in [0, 0.05) is 13.4 Å². The molecule has 0 saturated carbocycles. The molecule has 1 aromatic rings. The lowest BCUT2D eigenvalue weighted by atomic mass is 10.4. The number of carbonyl (C=O) groups is 1. The summed E-state index contributed by atoms with van der Waals surface area (Å²) >= 11 is 14.4. The average Bonchev–Trinajstić information content (AvgIpc) is 1.84. The van der Waals surface area contributed by atoms with Gasteiger partial charge < -0.3 is 0 Å². The molecule has 0 bridgehead atoms. The van der Waals surface area contributed by atoms with E-state index in [4.69, 9.17) is 4.79 Å². The lowest BCUT2D eigenvalue weighted by molar-refractivity contribution is 0.569. The van der Waals surface area contributed by atoms with Crippen molar-refractivity contribution in [3.63, 3.8) is 0 Å². The van der Waals surface area contributed by atoms with Gasteiger partial charge in [0.1, 0.15) is 0 Å². The van der Waals surface area contributed by atoms with E-state index in [1.165, 1.54) is 0 Å². The molecule has 66 valence electrons. The van der Waals surface area contributed by atoms with Crippen LogP contribution in [0.1, 0.15) is 0 Å². The highest BCUT2D eigenvalue weighted by atomic mass is 79.9. The molecule has 0 heterocycles. The molecule has 0 N–H and O–H groups in total. The first-order chi connectivity index (χ1) is 5.60. The van der Waals surface area contributed by atoms with Crippen LogP contribution in [0.3, 0.4) is 0 Å². The van der Waals surface area contributed by atoms with Gasteiger partial charge in [-0.05, 0) is 29.8 Å². The van der Waals surface area contributed by atoms with Crippen molar-refractivity contribution in [3.05, 3.63) is 31.6 Å². The molecule has 0 fully saturated rings. The third-order valence-electron chi connectivity index (χ3n) is 0.827. The van der Waals surface area contributed by atoms with Crippen molar-refractivity contribution in [1.82, 2.24) is 0 Å². The largest absolute Gasteiger partial charge is 0.285 e. The summed E-state index contributed by atoms with van der Waals surface area (Å²) in [6, 6.07) is 5.97. The predicted octanol–water partition coefficient (Wildman–Crippen LogP) is 4.39. The van der Waals surface area contributed by atoms with Gasteiger partial charge in [-0.25, -0.2) is 0 Å². The second-order valence-electron chi connectivity index (χ2n) is 1.68. The van der Waals surface area contributed by atoms with E-state index in [2.05, 4.69) is 59.4 Å². The molecule has 0 radical (unpaired) electrons. The summed E-state index contributed by atoms with van der Waals surface area (Å²) in [6.45, 7) is 0. The Balaban J connectivity index is 0.000000354. The SMILES string of the molecule is Brc1cc(Br)cc(Br)c1.O=CCl. The summed E-state index contributed by atoms with van der Waals surface area (Å²) in [7, 11) is 0. The van der Waals surface area contributed by atoms with Gasteiger partial charge in [-0.3, -0.25) is 4.79 Å². The molecule has 1 aromatic carbocycles. The summed E-state index contributed by atoms with van der Waals surface area (Å²) in [5.74, 6) is 0.222. The number of hydrogen-bond acceptors (Lipinski definition) is 1. The van der Waals surface area contributed by atoms with E-state index in [0.29, 0.717) is 0 Å². The molecule has 0 aliphatic heterocycles. The van der Waals surface area contributed by atoms with Gasteiger partial charge in [0.15, 0.2) is 0 Å². The summed E-state index contributed by atoms with van der Waals surface area (Å²) in [4.78, 5) is 8.57. The predicted molar refractivity (Wildman–Crippen MR) is 62.1 cm³/mol. The zero-order chi connectivity index (χ0) is 9.56. The van der Waals surface area contributed by atoms with Crippen LogP contribution in [-0.2, 0) is 4.79 Å². The van der Waals surface area contributed by atoms with Crippen molar-refractivity contribution in [2.75, 3.05) is 0 Å². The highest BCUT2D eigenvalue weighted by Crippen LogP contribution is 2.23. The van der Waals surface area contributed by atoms with Gasteiger partial charge in [0.2, 0.25) is 5.75 Å².